The molecule has 0 fully saturated rings. The standard InChI is InChI=1S/C14H17F2NO3/c1-14(2,7-6-11(18)19)17-13(20)10-5-3-4-9(8-10)12(15)16/h3-5,8,12H,6-7H2,1-2H3,(H,17,20)(H,18,19). The third kappa shape index (κ3) is 4.95. The molecule has 0 saturated heterocycles. The number of carbonyl (C=O) groups excluding carboxylic acids is 1. The van der Waals surface area contributed by atoms with E-state index in [1.165, 1.54) is 18.2 Å². The first-order valence-corrected chi connectivity index (χ1v) is 6.14. The summed E-state index contributed by atoms with van der Waals surface area (Å²) in [6.45, 7) is 3.37. The first kappa shape index (κ1) is 16.1. The molecule has 0 heterocycles. The Kier molecular flexibility index (Phi) is 5.19. The highest BCUT2D eigenvalue weighted by molar-refractivity contribution is 5.94. The van der Waals surface area contributed by atoms with Gasteiger partial charge in [0.1, 0.15) is 0 Å². The number of carbonyl (C=O) groups is 2. The molecule has 0 aliphatic carbocycles. The summed E-state index contributed by atoms with van der Waals surface area (Å²) in [4.78, 5) is 22.5. The molecule has 0 aliphatic rings. The van der Waals surface area contributed by atoms with Crippen molar-refractivity contribution in [1.82, 2.24) is 5.32 Å². The predicted octanol–water partition coefficient (Wildman–Crippen LogP) is 3.00. The highest BCUT2D eigenvalue weighted by atomic mass is 19.3. The first-order valence-electron chi connectivity index (χ1n) is 6.14. The van der Waals surface area contributed by atoms with E-state index in [1.807, 2.05) is 0 Å². The van der Waals surface area contributed by atoms with E-state index in [4.69, 9.17) is 5.11 Å². The number of carboxylic acids is 1. The lowest BCUT2D eigenvalue weighted by Crippen LogP contribution is -2.43. The van der Waals surface area contributed by atoms with E-state index in [9.17, 15) is 18.4 Å². The maximum atomic E-state index is 12.6. The fourth-order valence-electron chi connectivity index (χ4n) is 1.68. The molecule has 0 atom stereocenters. The smallest absolute Gasteiger partial charge is 0.303 e. The van der Waals surface area contributed by atoms with Crippen LogP contribution in [0.25, 0.3) is 0 Å². The van der Waals surface area contributed by atoms with E-state index in [2.05, 4.69) is 5.32 Å². The second-order valence-electron chi connectivity index (χ2n) is 5.16. The summed E-state index contributed by atoms with van der Waals surface area (Å²) in [5, 5.41) is 11.3. The van der Waals surface area contributed by atoms with Crippen molar-refractivity contribution in [3.8, 4) is 0 Å². The average Bonchev–Trinajstić information content (AvgIpc) is 2.36. The van der Waals surface area contributed by atoms with Gasteiger partial charge in [-0.3, -0.25) is 9.59 Å². The number of rotatable bonds is 6. The largest absolute Gasteiger partial charge is 0.481 e. The van der Waals surface area contributed by atoms with Crippen molar-refractivity contribution in [2.75, 3.05) is 0 Å². The molecule has 0 saturated carbocycles. The van der Waals surface area contributed by atoms with Gasteiger partial charge < -0.3 is 10.4 Å². The van der Waals surface area contributed by atoms with E-state index in [1.54, 1.807) is 13.8 Å². The Morgan fingerprint density at radius 2 is 2.00 bits per heavy atom. The van der Waals surface area contributed by atoms with Crippen molar-refractivity contribution in [2.24, 2.45) is 0 Å². The predicted molar refractivity (Wildman–Crippen MR) is 69.8 cm³/mol. The van der Waals surface area contributed by atoms with Crippen LogP contribution in [0.5, 0.6) is 0 Å². The number of alkyl halides is 2. The van der Waals surface area contributed by atoms with Gasteiger partial charge in [0.15, 0.2) is 0 Å². The van der Waals surface area contributed by atoms with Gasteiger partial charge in [0, 0.05) is 23.1 Å². The van der Waals surface area contributed by atoms with Crippen molar-refractivity contribution < 1.29 is 23.5 Å². The van der Waals surface area contributed by atoms with E-state index in [-0.39, 0.29) is 24.0 Å². The monoisotopic (exact) mass is 285 g/mol. The summed E-state index contributed by atoms with van der Waals surface area (Å²) >= 11 is 0. The van der Waals surface area contributed by atoms with Crippen molar-refractivity contribution in [3.05, 3.63) is 35.4 Å². The van der Waals surface area contributed by atoms with E-state index < -0.39 is 23.8 Å². The quantitative estimate of drug-likeness (QED) is 0.844. The number of aliphatic carboxylic acids is 1. The Hall–Kier alpha value is -1.98. The third-order valence-corrected chi connectivity index (χ3v) is 2.82. The van der Waals surface area contributed by atoms with Crippen molar-refractivity contribution in [2.45, 2.75) is 38.7 Å². The minimum Gasteiger partial charge on any atom is -0.481 e. The molecule has 0 radical (unpaired) electrons. The zero-order valence-corrected chi connectivity index (χ0v) is 11.3. The van der Waals surface area contributed by atoms with Crippen LogP contribution in [-0.4, -0.2) is 22.5 Å². The fourth-order valence-corrected chi connectivity index (χ4v) is 1.68. The molecule has 1 aromatic carbocycles. The van der Waals surface area contributed by atoms with Crippen molar-refractivity contribution in [1.29, 1.82) is 0 Å². The zero-order valence-electron chi connectivity index (χ0n) is 11.3. The number of benzene rings is 1. The van der Waals surface area contributed by atoms with E-state index >= 15 is 0 Å². The SMILES string of the molecule is CC(C)(CCC(=O)O)NC(=O)c1cccc(C(F)F)c1. The van der Waals surface area contributed by atoms with Gasteiger partial charge in [0.2, 0.25) is 0 Å². The maximum absolute atomic E-state index is 12.6. The van der Waals surface area contributed by atoms with Gasteiger partial charge in [0.05, 0.1) is 0 Å². The van der Waals surface area contributed by atoms with Crippen molar-refractivity contribution >= 4 is 11.9 Å². The number of halogens is 2. The Morgan fingerprint density at radius 3 is 2.55 bits per heavy atom. The Labute approximate surface area is 115 Å². The molecule has 4 nitrogen and oxygen atoms in total. The van der Waals surface area contributed by atoms with Gasteiger partial charge in [-0.15, -0.1) is 0 Å². The molecule has 0 aliphatic heterocycles. The molecule has 0 aromatic heterocycles. The zero-order chi connectivity index (χ0) is 15.3. The molecule has 20 heavy (non-hydrogen) atoms. The van der Waals surface area contributed by atoms with Gasteiger partial charge in [-0.25, -0.2) is 8.78 Å². The molecule has 0 spiro atoms. The number of amides is 1. The normalized spacial score (nSPS) is 11.4. The molecular formula is C14H17F2NO3. The number of hydrogen-bond donors (Lipinski definition) is 2. The molecule has 110 valence electrons. The maximum Gasteiger partial charge on any atom is 0.303 e. The van der Waals surface area contributed by atoms with Crippen LogP contribution >= 0.6 is 0 Å². The van der Waals surface area contributed by atoms with Gasteiger partial charge in [-0.05, 0) is 32.4 Å². The lowest BCUT2D eigenvalue weighted by molar-refractivity contribution is -0.137. The van der Waals surface area contributed by atoms with Gasteiger partial charge >= 0.3 is 5.97 Å². The van der Waals surface area contributed by atoms with Crippen LogP contribution in [0.3, 0.4) is 0 Å². The first-order chi connectivity index (χ1) is 9.21. The molecule has 6 heteroatoms. The molecule has 2 N–H and O–H groups in total. The van der Waals surface area contributed by atoms with Crippen LogP contribution in [0.1, 0.15) is 49.0 Å². The molecule has 1 rings (SSSR count). The second kappa shape index (κ2) is 6.45. The second-order valence-corrected chi connectivity index (χ2v) is 5.16. The summed E-state index contributed by atoms with van der Waals surface area (Å²) in [5.41, 5.74) is -0.816. The van der Waals surface area contributed by atoms with Gasteiger partial charge in [-0.2, -0.15) is 0 Å². The molecule has 1 amide bonds. The highest BCUT2D eigenvalue weighted by Crippen LogP contribution is 2.20. The van der Waals surface area contributed by atoms with Crippen LogP contribution in [-0.2, 0) is 4.79 Å². The van der Waals surface area contributed by atoms with Crippen LogP contribution < -0.4 is 5.32 Å². The lowest BCUT2D eigenvalue weighted by atomic mass is 9.97. The van der Waals surface area contributed by atoms with Gasteiger partial charge in [-0.1, -0.05) is 12.1 Å². The highest BCUT2D eigenvalue weighted by Gasteiger charge is 2.22. The molecule has 0 unspecified atom stereocenters. The number of hydrogen-bond acceptors (Lipinski definition) is 2. The van der Waals surface area contributed by atoms with Crippen LogP contribution in [0.2, 0.25) is 0 Å². The minimum absolute atomic E-state index is 0.0790. The third-order valence-electron chi connectivity index (χ3n) is 2.82. The molecule has 0 bridgehead atoms. The topological polar surface area (TPSA) is 66.4 Å². The van der Waals surface area contributed by atoms with Crippen LogP contribution in [0.4, 0.5) is 8.78 Å². The average molecular weight is 285 g/mol. The Morgan fingerprint density at radius 1 is 1.35 bits per heavy atom. The number of nitrogens with one attached hydrogen (secondary N) is 1. The summed E-state index contributed by atoms with van der Waals surface area (Å²) in [5.74, 6) is -1.45. The van der Waals surface area contributed by atoms with Crippen molar-refractivity contribution in [3.63, 3.8) is 0 Å². The fraction of sp³-hybridized carbons (Fsp3) is 0.429. The van der Waals surface area contributed by atoms with Crippen LogP contribution in [0, 0.1) is 0 Å². The summed E-state index contributed by atoms with van der Waals surface area (Å²) in [6.07, 6.45) is -2.46. The number of carboxylic acid groups (broad SMARTS) is 1. The summed E-state index contributed by atoms with van der Waals surface area (Å²) in [7, 11) is 0. The van der Waals surface area contributed by atoms with E-state index in [0.29, 0.717) is 0 Å². The Balaban J connectivity index is 2.75. The lowest BCUT2D eigenvalue weighted by Gasteiger charge is -2.25. The minimum atomic E-state index is -2.64. The molecule has 1 aromatic rings. The Bertz CT molecular complexity index is 501. The van der Waals surface area contributed by atoms with E-state index in [0.717, 1.165) is 6.07 Å². The summed E-state index contributed by atoms with van der Waals surface area (Å²) in [6, 6.07) is 5.21. The molecular weight excluding hydrogens is 268 g/mol. The van der Waals surface area contributed by atoms with Gasteiger partial charge in [0.25, 0.3) is 12.3 Å². The van der Waals surface area contributed by atoms with Crippen LogP contribution in [0.15, 0.2) is 24.3 Å². The summed E-state index contributed by atoms with van der Waals surface area (Å²) < 4.78 is 25.1.